The predicted octanol–water partition coefficient (Wildman–Crippen LogP) is 4.53. The smallest absolute Gasteiger partial charge is 0.152 e. The van der Waals surface area contributed by atoms with Crippen LogP contribution in [-0.4, -0.2) is 21.5 Å². The van der Waals surface area contributed by atoms with Gasteiger partial charge in [-0.2, -0.15) is 0 Å². The van der Waals surface area contributed by atoms with Crippen LogP contribution in [0.5, 0.6) is 0 Å². The van der Waals surface area contributed by atoms with Crippen molar-refractivity contribution >= 4 is 23.2 Å². The van der Waals surface area contributed by atoms with E-state index in [1.165, 1.54) is 11.3 Å². The highest BCUT2D eigenvalue weighted by Gasteiger charge is 2.21. The fourth-order valence-corrected chi connectivity index (χ4v) is 3.23. The molecule has 124 valence electrons. The van der Waals surface area contributed by atoms with Crippen molar-refractivity contribution in [2.75, 3.05) is 11.4 Å². The number of aromatic amines is 1. The largest absolute Gasteiger partial charge is 0.365 e. The molecule has 4 nitrogen and oxygen atoms in total. The van der Waals surface area contributed by atoms with Crippen LogP contribution in [-0.2, 0) is 6.42 Å². The van der Waals surface area contributed by atoms with Crippen molar-refractivity contribution in [1.82, 2.24) is 15.0 Å². The van der Waals surface area contributed by atoms with Gasteiger partial charge in [0.15, 0.2) is 5.82 Å². The molecular formula is C21H20N4. The third-order valence-electron chi connectivity index (χ3n) is 4.61. The van der Waals surface area contributed by atoms with Crippen LogP contribution in [0.1, 0.15) is 22.5 Å². The number of rotatable bonds is 4. The Hall–Kier alpha value is -3.14. The van der Waals surface area contributed by atoms with Crippen molar-refractivity contribution in [2.45, 2.75) is 13.3 Å². The molecule has 0 bridgehead atoms. The number of nitrogens with zero attached hydrogens (tertiary/aromatic N) is 3. The van der Waals surface area contributed by atoms with Crippen LogP contribution in [0.25, 0.3) is 11.6 Å². The second kappa shape index (κ2) is 6.40. The van der Waals surface area contributed by atoms with E-state index in [1.54, 1.807) is 6.20 Å². The van der Waals surface area contributed by atoms with Crippen molar-refractivity contribution in [3.05, 3.63) is 84.1 Å². The summed E-state index contributed by atoms with van der Waals surface area (Å²) in [6.07, 6.45) is 10.5. The van der Waals surface area contributed by atoms with Gasteiger partial charge in [0.25, 0.3) is 0 Å². The number of aryl methyl sites for hydroxylation is 1. The minimum Gasteiger partial charge on any atom is -0.365 e. The van der Waals surface area contributed by atoms with Gasteiger partial charge in [0.2, 0.25) is 0 Å². The van der Waals surface area contributed by atoms with Crippen LogP contribution in [0.2, 0.25) is 0 Å². The van der Waals surface area contributed by atoms with Crippen LogP contribution in [0.3, 0.4) is 0 Å². The van der Waals surface area contributed by atoms with Crippen molar-refractivity contribution < 1.29 is 0 Å². The number of fused-ring (bicyclic) bond motifs is 1. The Morgan fingerprint density at radius 3 is 2.92 bits per heavy atom. The molecule has 25 heavy (non-hydrogen) atoms. The van der Waals surface area contributed by atoms with Crippen molar-refractivity contribution in [3.8, 4) is 0 Å². The summed E-state index contributed by atoms with van der Waals surface area (Å²) >= 11 is 0. The number of nitrogens with one attached hydrogen (secondary N) is 1. The normalized spacial score (nSPS) is 13.8. The molecule has 0 saturated heterocycles. The molecule has 0 fully saturated rings. The van der Waals surface area contributed by atoms with E-state index in [0.717, 1.165) is 41.3 Å². The maximum absolute atomic E-state index is 4.85. The lowest BCUT2D eigenvalue weighted by molar-refractivity contribution is 0.960. The standard InChI is InChI=1S/C21H20N4/c1-3-16(12-18-8-10-23-15(18)2)19-13-22-14-21(24-19)25-11-9-17-6-4-5-7-20(17)25/h3-8,10,12-14,23H,1,9,11H2,2H3/b16-12+. The summed E-state index contributed by atoms with van der Waals surface area (Å²) in [4.78, 5) is 14.7. The van der Waals surface area contributed by atoms with Gasteiger partial charge >= 0.3 is 0 Å². The van der Waals surface area contributed by atoms with Gasteiger partial charge in [0.05, 0.1) is 18.1 Å². The molecule has 0 unspecified atom stereocenters. The van der Waals surface area contributed by atoms with Gasteiger partial charge in [0, 0.05) is 29.7 Å². The monoisotopic (exact) mass is 328 g/mol. The van der Waals surface area contributed by atoms with Crippen molar-refractivity contribution in [1.29, 1.82) is 0 Å². The summed E-state index contributed by atoms with van der Waals surface area (Å²) in [6, 6.07) is 10.5. The summed E-state index contributed by atoms with van der Waals surface area (Å²) in [5.41, 5.74) is 6.63. The van der Waals surface area contributed by atoms with Crippen LogP contribution >= 0.6 is 0 Å². The number of hydrogen-bond acceptors (Lipinski definition) is 3. The lowest BCUT2D eigenvalue weighted by Crippen LogP contribution is -2.15. The molecule has 0 amide bonds. The first-order valence-corrected chi connectivity index (χ1v) is 8.42. The van der Waals surface area contributed by atoms with Crippen LogP contribution < -0.4 is 4.90 Å². The molecular weight excluding hydrogens is 308 g/mol. The molecule has 0 spiro atoms. The van der Waals surface area contributed by atoms with Crippen LogP contribution in [0, 0.1) is 6.92 Å². The molecule has 3 aromatic rings. The molecule has 1 aliphatic rings. The van der Waals surface area contributed by atoms with Gasteiger partial charge in [-0.25, -0.2) is 4.98 Å². The Bertz CT molecular complexity index is 952. The molecule has 1 N–H and O–H groups in total. The lowest BCUT2D eigenvalue weighted by Gasteiger charge is -2.18. The average molecular weight is 328 g/mol. The number of para-hydroxylation sites is 1. The van der Waals surface area contributed by atoms with Crippen molar-refractivity contribution in [2.24, 2.45) is 0 Å². The Morgan fingerprint density at radius 2 is 2.12 bits per heavy atom. The molecule has 3 heterocycles. The van der Waals surface area contributed by atoms with E-state index >= 15 is 0 Å². The third kappa shape index (κ3) is 2.87. The first kappa shape index (κ1) is 15.4. The zero-order valence-electron chi connectivity index (χ0n) is 14.2. The molecule has 4 heteroatoms. The number of hydrogen-bond donors (Lipinski definition) is 1. The molecule has 0 radical (unpaired) electrons. The second-order valence-corrected chi connectivity index (χ2v) is 6.15. The quantitative estimate of drug-likeness (QED) is 0.716. The van der Waals surface area contributed by atoms with E-state index in [1.807, 2.05) is 24.5 Å². The molecule has 0 atom stereocenters. The topological polar surface area (TPSA) is 44.8 Å². The van der Waals surface area contributed by atoms with Gasteiger partial charge in [-0.15, -0.1) is 0 Å². The number of anilines is 2. The highest BCUT2D eigenvalue weighted by molar-refractivity contribution is 5.86. The molecule has 2 aromatic heterocycles. The van der Waals surface area contributed by atoms with Gasteiger partial charge in [-0.05, 0) is 42.7 Å². The average Bonchev–Trinajstić information content (AvgIpc) is 3.26. The van der Waals surface area contributed by atoms with Gasteiger partial charge in [0.1, 0.15) is 0 Å². The number of H-pyrrole nitrogens is 1. The Labute approximate surface area is 147 Å². The van der Waals surface area contributed by atoms with E-state index in [9.17, 15) is 0 Å². The molecule has 0 saturated carbocycles. The van der Waals surface area contributed by atoms with Crippen molar-refractivity contribution in [3.63, 3.8) is 0 Å². The maximum Gasteiger partial charge on any atom is 0.152 e. The summed E-state index contributed by atoms with van der Waals surface area (Å²) in [7, 11) is 0. The fourth-order valence-electron chi connectivity index (χ4n) is 3.23. The first-order chi connectivity index (χ1) is 12.3. The highest BCUT2D eigenvalue weighted by atomic mass is 15.2. The molecule has 4 rings (SSSR count). The van der Waals surface area contributed by atoms with E-state index in [-0.39, 0.29) is 0 Å². The predicted molar refractivity (Wildman–Crippen MR) is 103 cm³/mol. The van der Waals surface area contributed by atoms with E-state index in [4.69, 9.17) is 4.98 Å². The highest BCUT2D eigenvalue weighted by Crippen LogP contribution is 2.33. The third-order valence-corrected chi connectivity index (χ3v) is 4.61. The second-order valence-electron chi connectivity index (χ2n) is 6.15. The van der Waals surface area contributed by atoms with E-state index < -0.39 is 0 Å². The van der Waals surface area contributed by atoms with E-state index in [0.29, 0.717) is 0 Å². The lowest BCUT2D eigenvalue weighted by atomic mass is 10.1. The summed E-state index contributed by atoms with van der Waals surface area (Å²) in [6.45, 7) is 6.93. The van der Waals surface area contributed by atoms with E-state index in [2.05, 4.69) is 58.7 Å². The zero-order valence-corrected chi connectivity index (χ0v) is 14.2. The SMILES string of the molecule is C=C/C(=C\c1cc[nH]c1C)c1cncc(N2CCc3ccccc32)n1. The summed E-state index contributed by atoms with van der Waals surface area (Å²) in [5, 5.41) is 0. The summed E-state index contributed by atoms with van der Waals surface area (Å²) < 4.78 is 0. The molecule has 0 aliphatic carbocycles. The zero-order chi connectivity index (χ0) is 17.2. The molecule has 1 aliphatic heterocycles. The fraction of sp³-hybridized carbons (Fsp3) is 0.143. The summed E-state index contributed by atoms with van der Waals surface area (Å²) in [5.74, 6) is 0.876. The number of allylic oxidation sites excluding steroid dienone is 2. The minimum atomic E-state index is 0.831. The molecule has 1 aromatic carbocycles. The Kier molecular flexibility index (Phi) is 3.94. The van der Waals surface area contributed by atoms with Gasteiger partial charge in [-0.1, -0.05) is 30.9 Å². The van der Waals surface area contributed by atoms with Gasteiger partial charge < -0.3 is 9.88 Å². The Morgan fingerprint density at radius 1 is 1.24 bits per heavy atom. The number of aromatic nitrogens is 3. The number of benzene rings is 1. The maximum atomic E-state index is 4.85. The minimum absolute atomic E-state index is 0.831. The van der Waals surface area contributed by atoms with Crippen LogP contribution in [0.15, 0.2) is 61.6 Å². The first-order valence-electron chi connectivity index (χ1n) is 8.42. The van der Waals surface area contributed by atoms with Crippen LogP contribution in [0.4, 0.5) is 11.5 Å². The Balaban J connectivity index is 1.71. The van der Waals surface area contributed by atoms with Gasteiger partial charge in [-0.3, -0.25) is 4.98 Å².